The van der Waals surface area contributed by atoms with Crippen molar-refractivity contribution in [3.8, 4) is 0 Å². The molecule has 4 rings (SSSR count). The number of rotatable bonds is 8. The highest BCUT2D eigenvalue weighted by molar-refractivity contribution is 5.99. The van der Waals surface area contributed by atoms with E-state index in [1.165, 1.54) is 0 Å². The number of hydrogen-bond donors (Lipinski definition) is 1. The Morgan fingerprint density at radius 3 is 2.74 bits per heavy atom. The Morgan fingerprint density at radius 2 is 1.97 bits per heavy atom. The average Bonchev–Trinajstić information content (AvgIpc) is 3.21. The molecule has 4 aliphatic heterocycles. The third kappa shape index (κ3) is 4.79. The van der Waals surface area contributed by atoms with Crippen molar-refractivity contribution in [3.05, 3.63) is 24.3 Å². The second-order valence-electron chi connectivity index (χ2n) is 10.3. The lowest BCUT2D eigenvalue weighted by Crippen LogP contribution is -2.56. The number of fused-ring (bicyclic) bond motifs is 2. The molecule has 1 N–H and O–H groups in total. The number of nitrogens with zero attached hydrogens (tertiary/aromatic N) is 2. The average molecular weight is 489 g/mol. The number of carbonyl (C=O) groups excluding carboxylic acids is 3. The summed E-state index contributed by atoms with van der Waals surface area (Å²) in [7, 11) is 0. The molecule has 0 radical (unpaired) electrons. The van der Waals surface area contributed by atoms with Crippen molar-refractivity contribution in [1.29, 1.82) is 0 Å². The quantitative estimate of drug-likeness (QED) is 0.321. The summed E-state index contributed by atoms with van der Waals surface area (Å²) >= 11 is 0. The molecule has 194 valence electrons. The van der Waals surface area contributed by atoms with E-state index in [0.717, 1.165) is 38.5 Å². The Morgan fingerprint density at radius 1 is 1.14 bits per heavy atom. The minimum absolute atomic E-state index is 0.0321. The van der Waals surface area contributed by atoms with Gasteiger partial charge in [-0.15, -0.1) is 0 Å². The minimum Gasteiger partial charge on any atom is -0.465 e. The highest BCUT2D eigenvalue weighted by Gasteiger charge is 2.71. The molecule has 6 atom stereocenters. The zero-order valence-corrected chi connectivity index (χ0v) is 21.1. The van der Waals surface area contributed by atoms with E-state index in [0.29, 0.717) is 32.5 Å². The maximum absolute atomic E-state index is 14.1. The summed E-state index contributed by atoms with van der Waals surface area (Å²) in [5.74, 6) is -2.32. The fourth-order valence-corrected chi connectivity index (χ4v) is 6.21. The number of likely N-dealkylation sites (tertiary alicyclic amines) is 1. The number of aliphatic hydroxyl groups excluding tert-OH is 1. The van der Waals surface area contributed by atoms with Gasteiger partial charge in [-0.2, -0.15) is 0 Å². The Kier molecular flexibility index (Phi) is 8.32. The molecule has 0 aliphatic carbocycles. The predicted octanol–water partition coefficient (Wildman–Crippen LogP) is 2.60. The van der Waals surface area contributed by atoms with Crippen LogP contribution in [0, 0.1) is 11.8 Å². The van der Waals surface area contributed by atoms with Crippen molar-refractivity contribution in [3.63, 3.8) is 0 Å². The number of unbranched alkanes of at least 4 members (excludes halogenated alkanes) is 2. The summed E-state index contributed by atoms with van der Waals surface area (Å²) in [6.45, 7) is 5.41. The molecule has 2 fully saturated rings. The highest BCUT2D eigenvalue weighted by atomic mass is 16.6. The molecule has 8 nitrogen and oxygen atoms in total. The molecule has 0 saturated carbocycles. The van der Waals surface area contributed by atoms with Crippen LogP contribution in [0.2, 0.25) is 0 Å². The van der Waals surface area contributed by atoms with Gasteiger partial charge in [-0.1, -0.05) is 37.6 Å². The van der Waals surface area contributed by atoms with Crippen LogP contribution in [0.1, 0.15) is 65.2 Å². The summed E-state index contributed by atoms with van der Waals surface area (Å²) in [5, 5.41) is 9.18. The normalized spacial score (nSPS) is 34.7. The molecule has 0 bridgehead atoms. The Balaban J connectivity index is 1.74. The molecule has 8 heteroatoms. The lowest BCUT2D eigenvalue weighted by Gasteiger charge is -2.37. The third-order valence-electron chi connectivity index (χ3n) is 7.93. The predicted molar refractivity (Wildman–Crippen MR) is 130 cm³/mol. The Hall–Kier alpha value is -2.19. The zero-order chi connectivity index (χ0) is 25.0. The molecule has 0 aromatic heterocycles. The van der Waals surface area contributed by atoms with Crippen LogP contribution in [-0.2, 0) is 23.9 Å². The second kappa shape index (κ2) is 11.2. The standard InChI is InChI=1S/C27H40N2O6/c1-3-12-19(2)28-16-11-14-27-22(21-20(35-27)13-7-4-5-10-18-34-26(21)33)24(31)29(23(27)25(28)32)15-8-6-9-17-30/h7,11,13-14,19-23,30H,3-6,8-10,12,15-18H2,1-2H3/b13-7-/t19?,20-,21+,22+,23?,27+/m1/s1. The van der Waals surface area contributed by atoms with Crippen LogP contribution in [0.3, 0.4) is 0 Å². The maximum Gasteiger partial charge on any atom is 0.312 e. The van der Waals surface area contributed by atoms with Gasteiger partial charge in [0.25, 0.3) is 0 Å². The van der Waals surface area contributed by atoms with Gasteiger partial charge >= 0.3 is 5.97 Å². The van der Waals surface area contributed by atoms with E-state index in [1.54, 1.807) is 4.90 Å². The third-order valence-corrected chi connectivity index (χ3v) is 7.93. The van der Waals surface area contributed by atoms with Gasteiger partial charge < -0.3 is 24.4 Å². The summed E-state index contributed by atoms with van der Waals surface area (Å²) < 4.78 is 12.2. The number of hydrogen-bond acceptors (Lipinski definition) is 6. The number of amides is 2. The van der Waals surface area contributed by atoms with E-state index >= 15 is 0 Å². The first-order chi connectivity index (χ1) is 17.0. The lowest BCUT2D eigenvalue weighted by molar-refractivity contribution is -0.155. The number of ether oxygens (including phenoxy) is 2. The van der Waals surface area contributed by atoms with Gasteiger partial charge in [0.2, 0.25) is 11.8 Å². The fraction of sp³-hybridized carbons (Fsp3) is 0.741. The van der Waals surface area contributed by atoms with Crippen LogP contribution in [0.25, 0.3) is 0 Å². The van der Waals surface area contributed by atoms with Crippen LogP contribution in [-0.4, -0.2) is 82.8 Å². The number of carbonyl (C=O) groups is 3. The molecule has 0 aromatic carbocycles. The van der Waals surface area contributed by atoms with Gasteiger partial charge in [-0.05, 0) is 51.9 Å². The first-order valence-electron chi connectivity index (χ1n) is 13.4. The first kappa shape index (κ1) is 25.9. The SMILES string of the molecule is CCCC(C)N1CC=C[C@]23O[C@@H]4/C=C\CCCCOC(=O)[C@@H]4[C@H]2C(=O)N(CCCCCO)C3C1=O. The van der Waals surface area contributed by atoms with Gasteiger partial charge in [0.05, 0.1) is 18.6 Å². The van der Waals surface area contributed by atoms with E-state index in [2.05, 4.69) is 6.92 Å². The van der Waals surface area contributed by atoms with Gasteiger partial charge in [0.15, 0.2) is 0 Å². The van der Waals surface area contributed by atoms with E-state index < -0.39 is 35.6 Å². The van der Waals surface area contributed by atoms with Crippen molar-refractivity contribution < 1.29 is 29.0 Å². The monoisotopic (exact) mass is 488 g/mol. The molecular formula is C27H40N2O6. The maximum atomic E-state index is 14.1. The largest absolute Gasteiger partial charge is 0.465 e. The second-order valence-corrected chi connectivity index (χ2v) is 10.3. The van der Waals surface area contributed by atoms with Crippen molar-refractivity contribution >= 4 is 17.8 Å². The number of aliphatic hydroxyl groups is 1. The Bertz CT molecular complexity index is 857. The molecule has 2 unspecified atom stereocenters. The number of allylic oxidation sites excluding steroid dienone is 1. The first-order valence-corrected chi connectivity index (χ1v) is 13.4. The molecule has 4 aliphatic rings. The summed E-state index contributed by atoms with van der Waals surface area (Å²) in [6, 6.07) is -0.782. The van der Waals surface area contributed by atoms with Crippen LogP contribution in [0.4, 0.5) is 0 Å². The van der Waals surface area contributed by atoms with Crippen LogP contribution in [0.5, 0.6) is 0 Å². The van der Waals surface area contributed by atoms with Crippen LogP contribution >= 0.6 is 0 Å². The molecule has 2 amide bonds. The molecule has 1 spiro atoms. The zero-order valence-electron chi connectivity index (χ0n) is 21.1. The van der Waals surface area contributed by atoms with Crippen molar-refractivity contribution in [2.75, 3.05) is 26.3 Å². The van der Waals surface area contributed by atoms with Crippen LogP contribution < -0.4 is 0 Å². The van der Waals surface area contributed by atoms with E-state index in [1.807, 2.05) is 36.1 Å². The van der Waals surface area contributed by atoms with Gasteiger partial charge in [0, 0.05) is 25.7 Å². The topological polar surface area (TPSA) is 96.4 Å². The lowest BCUT2D eigenvalue weighted by atomic mass is 9.78. The molecular weight excluding hydrogens is 448 g/mol. The van der Waals surface area contributed by atoms with Gasteiger partial charge in [0.1, 0.15) is 17.6 Å². The number of esters is 1. The van der Waals surface area contributed by atoms with E-state index in [4.69, 9.17) is 9.47 Å². The molecule has 35 heavy (non-hydrogen) atoms. The van der Waals surface area contributed by atoms with Crippen molar-refractivity contribution in [2.45, 2.75) is 89.0 Å². The molecule has 0 aromatic rings. The minimum atomic E-state index is -1.20. The van der Waals surface area contributed by atoms with Crippen molar-refractivity contribution in [2.24, 2.45) is 11.8 Å². The van der Waals surface area contributed by atoms with Gasteiger partial charge in [-0.25, -0.2) is 0 Å². The van der Waals surface area contributed by atoms with Gasteiger partial charge in [-0.3, -0.25) is 14.4 Å². The fourth-order valence-electron chi connectivity index (χ4n) is 6.21. The highest BCUT2D eigenvalue weighted by Crippen LogP contribution is 2.53. The molecule has 2 saturated heterocycles. The molecule has 4 heterocycles. The van der Waals surface area contributed by atoms with E-state index in [9.17, 15) is 19.5 Å². The Labute approximate surface area is 208 Å². The summed E-state index contributed by atoms with van der Waals surface area (Å²) in [5.41, 5.74) is -1.20. The summed E-state index contributed by atoms with van der Waals surface area (Å²) in [6.07, 6.45) is 13.6. The number of cyclic esters (lactones) is 1. The van der Waals surface area contributed by atoms with Crippen LogP contribution in [0.15, 0.2) is 24.3 Å². The van der Waals surface area contributed by atoms with E-state index in [-0.39, 0.29) is 24.5 Å². The van der Waals surface area contributed by atoms with Crippen molar-refractivity contribution in [1.82, 2.24) is 9.80 Å². The smallest absolute Gasteiger partial charge is 0.312 e. The summed E-state index contributed by atoms with van der Waals surface area (Å²) in [4.78, 5) is 44.8.